The molecule has 0 radical (unpaired) electrons. The van der Waals surface area contributed by atoms with Crippen molar-refractivity contribution in [1.82, 2.24) is 10.6 Å². The van der Waals surface area contributed by atoms with E-state index in [0.29, 0.717) is 5.92 Å². The van der Waals surface area contributed by atoms with Gasteiger partial charge < -0.3 is 20.1 Å². The van der Waals surface area contributed by atoms with Gasteiger partial charge in [-0.25, -0.2) is 0 Å². The molecule has 0 unspecified atom stereocenters. The Bertz CT molecular complexity index is 503. The van der Waals surface area contributed by atoms with Crippen LogP contribution in [0, 0.1) is 5.92 Å². The number of nitrogens with one attached hydrogen (secondary N) is 2. The summed E-state index contributed by atoms with van der Waals surface area (Å²) in [6.07, 6.45) is 3.25. The van der Waals surface area contributed by atoms with Gasteiger partial charge in [-0.05, 0) is 36.6 Å². The van der Waals surface area contributed by atoms with E-state index in [0.717, 1.165) is 64.7 Å². The molecule has 5 nitrogen and oxygen atoms in total. The highest BCUT2D eigenvalue weighted by Gasteiger charge is 2.21. The predicted molar refractivity (Wildman–Crippen MR) is 121 cm³/mol. The van der Waals surface area contributed by atoms with Crippen molar-refractivity contribution >= 4 is 41.3 Å². The van der Waals surface area contributed by atoms with Gasteiger partial charge in [0.2, 0.25) is 0 Å². The van der Waals surface area contributed by atoms with Crippen molar-refractivity contribution in [1.29, 1.82) is 0 Å². The van der Waals surface area contributed by atoms with Crippen molar-refractivity contribution < 1.29 is 9.47 Å². The molecule has 26 heavy (non-hydrogen) atoms. The molecule has 1 aromatic rings. The molecule has 7 heteroatoms. The minimum atomic E-state index is 0. The Kier molecular flexibility index (Phi) is 11.7. The van der Waals surface area contributed by atoms with Crippen LogP contribution < -0.4 is 10.6 Å². The van der Waals surface area contributed by atoms with Crippen LogP contribution in [-0.2, 0) is 14.9 Å². The summed E-state index contributed by atoms with van der Waals surface area (Å²) >= 11 is 1.80. The largest absolute Gasteiger partial charge is 0.381 e. The maximum Gasteiger partial charge on any atom is 0.191 e. The average Bonchev–Trinajstić information content (AvgIpc) is 3.17. The van der Waals surface area contributed by atoms with E-state index in [1.165, 1.54) is 4.88 Å². The Hall–Kier alpha value is -0.380. The van der Waals surface area contributed by atoms with Crippen molar-refractivity contribution in [2.75, 3.05) is 46.6 Å². The summed E-state index contributed by atoms with van der Waals surface area (Å²) in [6, 6.07) is 4.30. The number of halogens is 1. The van der Waals surface area contributed by atoms with E-state index in [-0.39, 0.29) is 29.4 Å². The third-order valence-electron chi connectivity index (χ3n) is 4.56. The fraction of sp³-hybridized carbons (Fsp3) is 0.737. The second kappa shape index (κ2) is 12.9. The first kappa shape index (κ1) is 23.7. The van der Waals surface area contributed by atoms with Crippen LogP contribution in [-0.4, -0.2) is 52.5 Å². The molecule has 0 spiro atoms. The monoisotopic (exact) mass is 495 g/mol. The molecule has 0 bridgehead atoms. The lowest BCUT2D eigenvalue weighted by Crippen LogP contribution is -2.43. The van der Waals surface area contributed by atoms with Gasteiger partial charge in [0.05, 0.1) is 0 Å². The first-order valence-corrected chi connectivity index (χ1v) is 10.1. The van der Waals surface area contributed by atoms with Gasteiger partial charge in [0.25, 0.3) is 0 Å². The molecule has 150 valence electrons. The Balaban J connectivity index is 0.00000338. The lowest BCUT2D eigenvalue weighted by molar-refractivity contribution is 0.0203. The van der Waals surface area contributed by atoms with Crippen LogP contribution in [0.5, 0.6) is 0 Å². The molecule has 1 saturated heterocycles. The summed E-state index contributed by atoms with van der Waals surface area (Å²) in [4.78, 5) is 5.69. The quantitative estimate of drug-likeness (QED) is 0.238. The second-order valence-electron chi connectivity index (χ2n) is 7.20. The van der Waals surface area contributed by atoms with Gasteiger partial charge in [0.1, 0.15) is 0 Å². The molecule has 2 N–H and O–H groups in total. The van der Waals surface area contributed by atoms with Crippen LogP contribution in [0.1, 0.15) is 38.0 Å². The molecule has 0 amide bonds. The molecule has 2 heterocycles. The minimum absolute atomic E-state index is 0. The van der Waals surface area contributed by atoms with Crippen LogP contribution in [0.2, 0.25) is 0 Å². The van der Waals surface area contributed by atoms with Gasteiger partial charge in [-0.1, -0.05) is 19.9 Å². The van der Waals surface area contributed by atoms with Crippen molar-refractivity contribution in [3.63, 3.8) is 0 Å². The highest BCUT2D eigenvalue weighted by Crippen LogP contribution is 2.26. The molecule has 0 atom stereocenters. The SMILES string of the molecule is CN=C(NCCCOCC1CCOCC1)NCC(C)(C)c1cccs1.I. The van der Waals surface area contributed by atoms with Crippen molar-refractivity contribution in [2.24, 2.45) is 10.9 Å². The Morgan fingerprint density at radius 2 is 2.12 bits per heavy atom. The smallest absolute Gasteiger partial charge is 0.191 e. The molecule has 1 aliphatic heterocycles. The third kappa shape index (κ3) is 8.54. The fourth-order valence-corrected chi connectivity index (χ4v) is 3.67. The van der Waals surface area contributed by atoms with Gasteiger partial charge in [0, 0.05) is 56.9 Å². The van der Waals surface area contributed by atoms with Crippen molar-refractivity contribution in [3.05, 3.63) is 22.4 Å². The third-order valence-corrected chi connectivity index (χ3v) is 5.80. The highest BCUT2D eigenvalue weighted by atomic mass is 127. The van der Waals surface area contributed by atoms with Gasteiger partial charge in [-0.2, -0.15) is 0 Å². The maximum atomic E-state index is 5.80. The van der Waals surface area contributed by atoms with Gasteiger partial charge in [-0.3, -0.25) is 4.99 Å². The number of guanidine groups is 1. The summed E-state index contributed by atoms with van der Waals surface area (Å²) in [7, 11) is 1.81. The number of aliphatic imine (C=N–C) groups is 1. The van der Waals surface area contributed by atoms with Crippen LogP contribution >= 0.6 is 35.3 Å². The Morgan fingerprint density at radius 1 is 1.35 bits per heavy atom. The zero-order valence-electron chi connectivity index (χ0n) is 16.3. The fourth-order valence-electron chi connectivity index (χ4n) is 2.82. The molecular formula is C19H34IN3O2S. The number of hydrogen-bond donors (Lipinski definition) is 2. The molecule has 0 aromatic carbocycles. The van der Waals surface area contributed by atoms with E-state index < -0.39 is 0 Å². The predicted octanol–water partition coefficient (Wildman–Crippen LogP) is 3.64. The van der Waals surface area contributed by atoms with Crippen molar-refractivity contribution in [3.8, 4) is 0 Å². The molecule has 1 aromatic heterocycles. The number of ether oxygens (including phenoxy) is 2. The summed E-state index contributed by atoms with van der Waals surface area (Å²) in [6.45, 7) is 9.67. The van der Waals surface area contributed by atoms with Gasteiger partial charge in [-0.15, -0.1) is 35.3 Å². The summed E-state index contributed by atoms with van der Waals surface area (Å²) in [5.41, 5.74) is 0.0958. The number of nitrogens with zero attached hydrogens (tertiary/aromatic N) is 1. The molecule has 1 aliphatic rings. The van der Waals surface area contributed by atoms with Crippen LogP contribution in [0.4, 0.5) is 0 Å². The lowest BCUT2D eigenvalue weighted by Gasteiger charge is -2.25. The van der Waals surface area contributed by atoms with Gasteiger partial charge in [0.15, 0.2) is 5.96 Å². The minimum Gasteiger partial charge on any atom is -0.381 e. The summed E-state index contributed by atoms with van der Waals surface area (Å²) in [5.74, 6) is 1.53. The Labute approximate surface area is 179 Å². The maximum absolute atomic E-state index is 5.80. The average molecular weight is 495 g/mol. The first-order chi connectivity index (χ1) is 12.1. The lowest BCUT2D eigenvalue weighted by atomic mass is 9.91. The topological polar surface area (TPSA) is 54.9 Å². The van der Waals surface area contributed by atoms with Crippen molar-refractivity contribution in [2.45, 2.75) is 38.5 Å². The zero-order chi connectivity index (χ0) is 18.0. The number of thiophene rings is 1. The second-order valence-corrected chi connectivity index (χ2v) is 8.15. The summed E-state index contributed by atoms with van der Waals surface area (Å²) in [5, 5.41) is 8.93. The number of hydrogen-bond acceptors (Lipinski definition) is 4. The van der Waals surface area contributed by atoms with Crippen LogP contribution in [0.25, 0.3) is 0 Å². The van der Waals surface area contributed by atoms with Gasteiger partial charge >= 0.3 is 0 Å². The van der Waals surface area contributed by atoms with E-state index in [1.54, 1.807) is 11.3 Å². The molecule has 0 aliphatic carbocycles. The van der Waals surface area contributed by atoms with Crippen LogP contribution in [0.15, 0.2) is 22.5 Å². The summed E-state index contributed by atoms with van der Waals surface area (Å²) < 4.78 is 11.2. The highest BCUT2D eigenvalue weighted by molar-refractivity contribution is 14.0. The normalized spacial score (nSPS) is 16.2. The van der Waals surface area contributed by atoms with E-state index >= 15 is 0 Å². The zero-order valence-corrected chi connectivity index (χ0v) is 19.4. The van der Waals surface area contributed by atoms with Crippen LogP contribution in [0.3, 0.4) is 0 Å². The molecule has 0 saturated carbocycles. The van der Waals surface area contributed by atoms with E-state index in [9.17, 15) is 0 Å². The van der Waals surface area contributed by atoms with E-state index in [4.69, 9.17) is 9.47 Å². The first-order valence-electron chi connectivity index (χ1n) is 9.26. The van der Waals surface area contributed by atoms with E-state index in [2.05, 4.69) is 47.0 Å². The molecule has 1 fully saturated rings. The number of rotatable bonds is 9. The van der Waals surface area contributed by atoms with E-state index in [1.807, 2.05) is 7.05 Å². The standard InChI is InChI=1S/C19H33N3O2S.HI/c1-19(2,17-6-4-13-25-17)15-22-18(20-3)21-9-5-10-24-14-16-7-11-23-12-8-16;/h4,6,13,16H,5,7-12,14-15H2,1-3H3,(H2,20,21,22);1H. The Morgan fingerprint density at radius 3 is 2.77 bits per heavy atom. The molecular weight excluding hydrogens is 461 g/mol. The molecule has 2 rings (SSSR count).